The molecule has 3 rings (SSSR count). The van der Waals surface area contributed by atoms with E-state index in [1.165, 1.54) is 0 Å². The van der Waals surface area contributed by atoms with Gasteiger partial charge in [0, 0.05) is 13.1 Å². The van der Waals surface area contributed by atoms with E-state index >= 15 is 0 Å². The summed E-state index contributed by atoms with van der Waals surface area (Å²) in [5.74, 6) is -0.246. The largest absolute Gasteiger partial charge is 0.497 e. The van der Waals surface area contributed by atoms with E-state index in [2.05, 4.69) is 28.6 Å². The second-order valence-electron chi connectivity index (χ2n) is 8.93. The van der Waals surface area contributed by atoms with Crippen molar-refractivity contribution in [2.75, 3.05) is 27.3 Å². The molecule has 0 aromatic heterocycles. The molecule has 0 fully saturated rings. The summed E-state index contributed by atoms with van der Waals surface area (Å²) in [6.07, 6.45) is 1.42. The SMILES string of the molecule is COc1cccc(CCNC(=O)C(NC(=O)[C@@H](S)Cc2ccccc2)C(=O)NCCc2cccc(OC)c2)c1. The Bertz CT molecular complexity index is 1170. The summed E-state index contributed by atoms with van der Waals surface area (Å²) >= 11 is 4.42. The fourth-order valence-electron chi connectivity index (χ4n) is 3.94. The highest BCUT2D eigenvalue weighted by Gasteiger charge is 2.30. The zero-order valence-corrected chi connectivity index (χ0v) is 23.1. The molecule has 9 heteroatoms. The predicted octanol–water partition coefficient (Wildman–Crippen LogP) is 2.75. The minimum absolute atomic E-state index is 0.282. The lowest BCUT2D eigenvalue weighted by Gasteiger charge is -2.20. The lowest BCUT2D eigenvalue weighted by atomic mass is 10.1. The summed E-state index contributed by atoms with van der Waals surface area (Å²) in [6, 6.07) is 23.1. The summed E-state index contributed by atoms with van der Waals surface area (Å²) in [4.78, 5) is 39.1. The normalized spacial score (nSPS) is 11.4. The van der Waals surface area contributed by atoms with Gasteiger partial charge in [-0.1, -0.05) is 54.6 Å². The van der Waals surface area contributed by atoms with E-state index in [4.69, 9.17) is 9.47 Å². The third-order valence-corrected chi connectivity index (χ3v) is 6.50. The number of amides is 3. The Hall–Kier alpha value is -3.98. The highest BCUT2D eigenvalue weighted by molar-refractivity contribution is 7.81. The average Bonchev–Trinajstić information content (AvgIpc) is 2.96. The monoisotopic (exact) mass is 549 g/mol. The first-order valence-corrected chi connectivity index (χ1v) is 13.2. The van der Waals surface area contributed by atoms with Crippen LogP contribution < -0.4 is 25.4 Å². The van der Waals surface area contributed by atoms with Crippen molar-refractivity contribution in [2.45, 2.75) is 30.6 Å². The molecule has 0 heterocycles. The van der Waals surface area contributed by atoms with Gasteiger partial charge in [0.05, 0.1) is 19.5 Å². The maximum absolute atomic E-state index is 13.1. The fraction of sp³-hybridized carbons (Fsp3) is 0.300. The molecule has 3 aromatic rings. The molecule has 0 bridgehead atoms. The molecule has 1 atom stereocenters. The van der Waals surface area contributed by atoms with Gasteiger partial charge in [0.2, 0.25) is 5.91 Å². The lowest BCUT2D eigenvalue weighted by Crippen LogP contribution is -2.57. The molecule has 0 saturated heterocycles. The van der Waals surface area contributed by atoms with Gasteiger partial charge in [-0.25, -0.2) is 0 Å². The molecule has 0 saturated carbocycles. The van der Waals surface area contributed by atoms with Crippen molar-refractivity contribution in [2.24, 2.45) is 0 Å². The van der Waals surface area contributed by atoms with Gasteiger partial charge in [0.15, 0.2) is 6.04 Å². The van der Waals surface area contributed by atoms with Crippen molar-refractivity contribution in [3.8, 4) is 11.5 Å². The van der Waals surface area contributed by atoms with Crippen LogP contribution in [0.15, 0.2) is 78.9 Å². The number of rotatable bonds is 14. The minimum atomic E-state index is -1.40. The molecule has 3 amide bonds. The zero-order valence-electron chi connectivity index (χ0n) is 22.2. The van der Waals surface area contributed by atoms with Gasteiger partial charge in [0.25, 0.3) is 11.8 Å². The van der Waals surface area contributed by atoms with E-state index in [9.17, 15) is 14.4 Å². The predicted molar refractivity (Wildman–Crippen MR) is 154 cm³/mol. The first kappa shape index (κ1) is 29.6. The minimum Gasteiger partial charge on any atom is -0.497 e. The summed E-state index contributed by atoms with van der Waals surface area (Å²) in [5.41, 5.74) is 2.86. The van der Waals surface area contributed by atoms with Crippen LogP contribution in [0.1, 0.15) is 16.7 Å². The summed E-state index contributed by atoms with van der Waals surface area (Å²) in [5, 5.41) is 7.40. The molecule has 0 aliphatic heterocycles. The Kier molecular flexibility index (Phi) is 11.7. The van der Waals surface area contributed by atoms with Crippen LogP contribution in [0.2, 0.25) is 0 Å². The van der Waals surface area contributed by atoms with Crippen molar-refractivity contribution in [1.29, 1.82) is 0 Å². The second kappa shape index (κ2) is 15.4. The molecule has 206 valence electrons. The average molecular weight is 550 g/mol. The van der Waals surface area contributed by atoms with E-state index in [1.54, 1.807) is 14.2 Å². The van der Waals surface area contributed by atoms with E-state index in [0.29, 0.717) is 19.3 Å². The molecule has 0 spiro atoms. The van der Waals surface area contributed by atoms with Crippen molar-refractivity contribution in [1.82, 2.24) is 16.0 Å². The second-order valence-corrected chi connectivity index (χ2v) is 9.56. The van der Waals surface area contributed by atoms with Gasteiger partial charge in [-0.05, 0) is 60.2 Å². The number of hydrogen-bond donors (Lipinski definition) is 4. The molecule has 0 aliphatic carbocycles. The maximum Gasteiger partial charge on any atom is 0.252 e. The maximum atomic E-state index is 13.1. The number of benzene rings is 3. The van der Waals surface area contributed by atoms with E-state index in [0.717, 1.165) is 28.2 Å². The highest BCUT2D eigenvalue weighted by Crippen LogP contribution is 2.14. The molecule has 0 unspecified atom stereocenters. The van der Waals surface area contributed by atoms with E-state index in [1.807, 2.05) is 78.9 Å². The van der Waals surface area contributed by atoms with E-state index in [-0.39, 0.29) is 13.1 Å². The molecule has 3 N–H and O–H groups in total. The van der Waals surface area contributed by atoms with Crippen LogP contribution in [0.3, 0.4) is 0 Å². The zero-order chi connectivity index (χ0) is 28.0. The number of carbonyl (C=O) groups is 3. The Labute approximate surface area is 234 Å². The number of thiol groups is 1. The number of methoxy groups -OCH3 is 2. The molecule has 0 radical (unpaired) electrons. The van der Waals surface area contributed by atoms with Crippen LogP contribution >= 0.6 is 12.6 Å². The lowest BCUT2D eigenvalue weighted by molar-refractivity contribution is -0.136. The Morgan fingerprint density at radius 3 is 1.67 bits per heavy atom. The number of hydrogen-bond acceptors (Lipinski definition) is 6. The highest BCUT2D eigenvalue weighted by atomic mass is 32.1. The molecule has 3 aromatic carbocycles. The van der Waals surface area contributed by atoms with Crippen molar-refractivity contribution >= 4 is 30.4 Å². The topological polar surface area (TPSA) is 106 Å². The van der Waals surface area contributed by atoms with Gasteiger partial charge < -0.3 is 25.4 Å². The fourth-order valence-corrected chi connectivity index (χ4v) is 4.22. The first-order chi connectivity index (χ1) is 18.9. The Balaban J connectivity index is 1.62. The van der Waals surface area contributed by atoms with Crippen LogP contribution in [0.4, 0.5) is 0 Å². The van der Waals surface area contributed by atoms with Crippen LogP contribution in [-0.4, -0.2) is 56.3 Å². The Morgan fingerprint density at radius 1 is 0.692 bits per heavy atom. The molecule has 39 heavy (non-hydrogen) atoms. The number of ether oxygens (including phenoxy) is 2. The number of nitrogens with one attached hydrogen (secondary N) is 3. The third kappa shape index (κ3) is 9.68. The van der Waals surface area contributed by atoms with Crippen molar-refractivity contribution in [3.05, 3.63) is 95.6 Å². The van der Waals surface area contributed by atoms with Crippen molar-refractivity contribution < 1.29 is 23.9 Å². The van der Waals surface area contributed by atoms with Gasteiger partial charge in [0.1, 0.15) is 11.5 Å². The van der Waals surface area contributed by atoms with Crippen molar-refractivity contribution in [3.63, 3.8) is 0 Å². The summed E-state index contributed by atoms with van der Waals surface area (Å²) in [6.45, 7) is 0.563. The van der Waals surface area contributed by atoms with Gasteiger partial charge in [-0.3, -0.25) is 14.4 Å². The standard InChI is InChI=1S/C30H35N3O5S/c1-37-24-12-6-10-22(18-24)14-16-31-29(35)27(33-28(34)26(39)20-21-8-4-3-5-9-21)30(36)32-17-15-23-11-7-13-25(19-23)38-2/h3-13,18-19,26-27,39H,14-17,20H2,1-2H3,(H,31,35)(H,32,36)(H,33,34)/t26-/m0/s1. The molecule has 0 aliphatic rings. The third-order valence-electron chi connectivity index (χ3n) is 6.08. The quantitative estimate of drug-likeness (QED) is 0.183. The first-order valence-electron chi connectivity index (χ1n) is 12.7. The summed E-state index contributed by atoms with van der Waals surface area (Å²) < 4.78 is 10.5. The molecular weight excluding hydrogens is 514 g/mol. The van der Waals surface area contributed by atoms with Crippen LogP contribution in [0, 0.1) is 0 Å². The van der Waals surface area contributed by atoms with E-state index < -0.39 is 29.0 Å². The van der Waals surface area contributed by atoms with Crippen LogP contribution in [0.5, 0.6) is 11.5 Å². The van der Waals surface area contributed by atoms with Gasteiger partial charge in [-0.15, -0.1) is 0 Å². The summed E-state index contributed by atoms with van der Waals surface area (Å²) in [7, 11) is 3.18. The molecular formula is C30H35N3O5S. The van der Waals surface area contributed by atoms with Crippen LogP contribution in [-0.2, 0) is 33.6 Å². The molecule has 8 nitrogen and oxygen atoms in total. The number of carbonyl (C=O) groups excluding carboxylic acids is 3. The van der Waals surface area contributed by atoms with Gasteiger partial charge >= 0.3 is 0 Å². The van der Waals surface area contributed by atoms with Crippen LogP contribution in [0.25, 0.3) is 0 Å². The van der Waals surface area contributed by atoms with Gasteiger partial charge in [-0.2, -0.15) is 12.6 Å². The smallest absolute Gasteiger partial charge is 0.252 e. The Morgan fingerprint density at radius 2 is 1.18 bits per heavy atom.